The molecular formula is C10H14O2. The summed E-state index contributed by atoms with van der Waals surface area (Å²) in [6.07, 6.45) is 0.144. The van der Waals surface area contributed by atoms with Crippen molar-refractivity contribution in [1.82, 2.24) is 0 Å². The van der Waals surface area contributed by atoms with Gasteiger partial charge in [-0.2, -0.15) is 0 Å². The van der Waals surface area contributed by atoms with Crippen LogP contribution in [0.15, 0.2) is 30.3 Å². The van der Waals surface area contributed by atoms with Gasteiger partial charge >= 0.3 is 0 Å². The Balaban J connectivity index is 2.33. The van der Waals surface area contributed by atoms with Crippen LogP contribution >= 0.6 is 0 Å². The van der Waals surface area contributed by atoms with Crippen molar-refractivity contribution in [2.45, 2.75) is 13.0 Å². The number of para-hydroxylation sites is 1. The Labute approximate surface area is 73.1 Å². The minimum absolute atomic E-state index is 0.144. The average Bonchev–Trinajstić information content (AvgIpc) is 2.16. The van der Waals surface area contributed by atoms with E-state index in [1.807, 2.05) is 37.3 Å². The first-order valence-electron chi connectivity index (χ1n) is 4.03. The Morgan fingerprint density at radius 3 is 2.50 bits per heavy atom. The van der Waals surface area contributed by atoms with Gasteiger partial charge in [-0.1, -0.05) is 18.2 Å². The number of methoxy groups -OCH3 is 1. The maximum Gasteiger partial charge on any atom is 0.119 e. The van der Waals surface area contributed by atoms with Crippen molar-refractivity contribution in [3.05, 3.63) is 30.3 Å². The molecule has 0 unspecified atom stereocenters. The third-order valence-electron chi connectivity index (χ3n) is 1.63. The van der Waals surface area contributed by atoms with Gasteiger partial charge in [0.1, 0.15) is 12.4 Å². The number of ether oxygens (including phenoxy) is 2. The van der Waals surface area contributed by atoms with Crippen LogP contribution in [0.2, 0.25) is 0 Å². The zero-order valence-corrected chi connectivity index (χ0v) is 7.49. The van der Waals surface area contributed by atoms with E-state index in [2.05, 4.69) is 0 Å². The van der Waals surface area contributed by atoms with Crippen molar-refractivity contribution < 1.29 is 9.47 Å². The van der Waals surface area contributed by atoms with Gasteiger partial charge in [0.05, 0.1) is 6.10 Å². The number of benzene rings is 1. The third-order valence-corrected chi connectivity index (χ3v) is 1.63. The van der Waals surface area contributed by atoms with Crippen LogP contribution in [0, 0.1) is 0 Å². The molecule has 0 aliphatic carbocycles. The number of rotatable bonds is 4. The normalized spacial score (nSPS) is 12.5. The standard InChI is InChI=1S/C10H14O2/c1-9(11-2)8-12-10-6-4-3-5-7-10/h3-7,9H,8H2,1-2H3/t9-/m0/s1. The van der Waals surface area contributed by atoms with Crippen LogP contribution in [0.1, 0.15) is 6.92 Å². The summed E-state index contributed by atoms with van der Waals surface area (Å²) in [6, 6.07) is 9.73. The Kier molecular flexibility index (Phi) is 3.61. The Morgan fingerprint density at radius 2 is 1.92 bits per heavy atom. The minimum Gasteiger partial charge on any atom is -0.491 e. The van der Waals surface area contributed by atoms with Crippen molar-refractivity contribution in [1.29, 1.82) is 0 Å². The fraction of sp³-hybridized carbons (Fsp3) is 0.400. The van der Waals surface area contributed by atoms with Gasteiger partial charge < -0.3 is 9.47 Å². The molecule has 0 spiro atoms. The highest BCUT2D eigenvalue weighted by Crippen LogP contribution is 2.08. The van der Waals surface area contributed by atoms with E-state index in [1.54, 1.807) is 7.11 Å². The first-order valence-corrected chi connectivity index (χ1v) is 4.03. The molecule has 12 heavy (non-hydrogen) atoms. The van der Waals surface area contributed by atoms with E-state index in [-0.39, 0.29) is 6.10 Å². The largest absolute Gasteiger partial charge is 0.491 e. The van der Waals surface area contributed by atoms with Gasteiger partial charge in [-0.25, -0.2) is 0 Å². The van der Waals surface area contributed by atoms with E-state index in [9.17, 15) is 0 Å². The van der Waals surface area contributed by atoms with Crippen molar-refractivity contribution in [3.8, 4) is 5.75 Å². The molecule has 2 nitrogen and oxygen atoms in total. The summed E-state index contributed by atoms with van der Waals surface area (Å²) in [4.78, 5) is 0. The molecule has 0 heterocycles. The highest BCUT2D eigenvalue weighted by atomic mass is 16.5. The fourth-order valence-electron chi connectivity index (χ4n) is 0.798. The predicted molar refractivity (Wildman–Crippen MR) is 48.4 cm³/mol. The van der Waals surface area contributed by atoms with E-state index < -0.39 is 0 Å². The molecule has 0 amide bonds. The molecule has 0 N–H and O–H groups in total. The molecule has 1 rings (SSSR count). The molecule has 2 heteroatoms. The maximum atomic E-state index is 5.43. The molecule has 0 bridgehead atoms. The van der Waals surface area contributed by atoms with Crippen LogP contribution in [0.3, 0.4) is 0 Å². The molecule has 0 saturated carbocycles. The first kappa shape index (κ1) is 9.07. The molecule has 1 aromatic rings. The highest BCUT2D eigenvalue weighted by molar-refractivity contribution is 5.20. The molecule has 1 aromatic carbocycles. The van der Waals surface area contributed by atoms with Gasteiger partial charge in [-0.15, -0.1) is 0 Å². The SMILES string of the molecule is CO[C@@H](C)COc1ccccc1. The van der Waals surface area contributed by atoms with Gasteiger partial charge in [0, 0.05) is 7.11 Å². The molecule has 0 aromatic heterocycles. The Morgan fingerprint density at radius 1 is 1.25 bits per heavy atom. The molecular weight excluding hydrogens is 152 g/mol. The first-order chi connectivity index (χ1) is 5.83. The monoisotopic (exact) mass is 166 g/mol. The summed E-state index contributed by atoms with van der Waals surface area (Å²) in [5, 5.41) is 0. The number of hydrogen-bond acceptors (Lipinski definition) is 2. The van der Waals surface area contributed by atoms with Crippen molar-refractivity contribution in [2.75, 3.05) is 13.7 Å². The molecule has 0 saturated heterocycles. The van der Waals surface area contributed by atoms with E-state index >= 15 is 0 Å². The van der Waals surface area contributed by atoms with Gasteiger partial charge in [0.2, 0.25) is 0 Å². The summed E-state index contributed by atoms with van der Waals surface area (Å²) in [6.45, 7) is 2.57. The van der Waals surface area contributed by atoms with Gasteiger partial charge in [0.15, 0.2) is 0 Å². The smallest absolute Gasteiger partial charge is 0.119 e. The zero-order valence-electron chi connectivity index (χ0n) is 7.49. The molecule has 0 aliphatic heterocycles. The third kappa shape index (κ3) is 2.93. The summed E-state index contributed by atoms with van der Waals surface area (Å²) >= 11 is 0. The lowest BCUT2D eigenvalue weighted by atomic mass is 10.3. The maximum absolute atomic E-state index is 5.43. The molecule has 1 atom stereocenters. The lowest BCUT2D eigenvalue weighted by molar-refractivity contribution is 0.0717. The van der Waals surface area contributed by atoms with Crippen molar-refractivity contribution >= 4 is 0 Å². The topological polar surface area (TPSA) is 18.5 Å². The van der Waals surface area contributed by atoms with Crippen molar-refractivity contribution in [2.24, 2.45) is 0 Å². The van der Waals surface area contributed by atoms with Crippen LogP contribution in [0.4, 0.5) is 0 Å². The molecule has 0 aliphatic rings. The Bertz CT molecular complexity index is 208. The molecule has 0 radical (unpaired) electrons. The molecule has 66 valence electrons. The second-order valence-electron chi connectivity index (χ2n) is 2.67. The second-order valence-corrected chi connectivity index (χ2v) is 2.67. The fourth-order valence-corrected chi connectivity index (χ4v) is 0.798. The van der Waals surface area contributed by atoms with E-state index in [4.69, 9.17) is 9.47 Å². The lowest BCUT2D eigenvalue weighted by Gasteiger charge is -2.10. The van der Waals surface area contributed by atoms with Crippen LogP contribution in [0.5, 0.6) is 5.75 Å². The van der Waals surface area contributed by atoms with E-state index in [0.29, 0.717) is 6.61 Å². The number of hydrogen-bond donors (Lipinski definition) is 0. The summed E-state index contributed by atoms with van der Waals surface area (Å²) in [5.41, 5.74) is 0. The second kappa shape index (κ2) is 4.78. The Hall–Kier alpha value is -1.02. The minimum atomic E-state index is 0.144. The molecule has 0 fully saturated rings. The van der Waals surface area contributed by atoms with Crippen LogP contribution < -0.4 is 4.74 Å². The van der Waals surface area contributed by atoms with Crippen LogP contribution in [0.25, 0.3) is 0 Å². The van der Waals surface area contributed by atoms with E-state index in [1.165, 1.54) is 0 Å². The van der Waals surface area contributed by atoms with Crippen molar-refractivity contribution in [3.63, 3.8) is 0 Å². The van der Waals surface area contributed by atoms with Gasteiger partial charge in [0.25, 0.3) is 0 Å². The lowest BCUT2D eigenvalue weighted by Crippen LogP contribution is -2.15. The highest BCUT2D eigenvalue weighted by Gasteiger charge is 1.98. The average molecular weight is 166 g/mol. The summed E-state index contributed by atoms with van der Waals surface area (Å²) < 4.78 is 10.5. The van der Waals surface area contributed by atoms with Crippen LogP contribution in [-0.4, -0.2) is 19.8 Å². The quantitative estimate of drug-likeness (QED) is 0.682. The van der Waals surface area contributed by atoms with Gasteiger partial charge in [-0.05, 0) is 19.1 Å². The van der Waals surface area contributed by atoms with E-state index in [0.717, 1.165) is 5.75 Å². The zero-order chi connectivity index (χ0) is 8.81. The van der Waals surface area contributed by atoms with Gasteiger partial charge in [-0.3, -0.25) is 0 Å². The predicted octanol–water partition coefficient (Wildman–Crippen LogP) is 2.10. The summed E-state index contributed by atoms with van der Waals surface area (Å²) in [7, 11) is 1.68. The van der Waals surface area contributed by atoms with Crippen LogP contribution in [-0.2, 0) is 4.74 Å². The summed E-state index contributed by atoms with van der Waals surface area (Å²) in [5.74, 6) is 0.890.